The maximum Gasteiger partial charge on any atom is 0.230 e. The van der Waals surface area contributed by atoms with Gasteiger partial charge in [-0.1, -0.05) is 0 Å². The Balaban J connectivity index is 2.22. The lowest BCUT2D eigenvalue weighted by Gasteiger charge is -2.03. The van der Waals surface area contributed by atoms with Gasteiger partial charge in [0.2, 0.25) is 5.88 Å². The molecular formula is C9H5Br2NOS. The molecule has 2 nitrogen and oxygen atoms in total. The van der Waals surface area contributed by atoms with Crippen LogP contribution in [0, 0.1) is 0 Å². The molecule has 0 amide bonds. The summed E-state index contributed by atoms with van der Waals surface area (Å²) >= 11 is 8.31. The van der Waals surface area contributed by atoms with Crippen LogP contribution in [0.4, 0.5) is 0 Å². The molecule has 72 valence electrons. The van der Waals surface area contributed by atoms with Crippen LogP contribution in [0.15, 0.2) is 38.0 Å². The third-order valence-electron chi connectivity index (χ3n) is 1.52. The van der Waals surface area contributed by atoms with Crippen molar-refractivity contribution in [1.82, 2.24) is 4.98 Å². The first-order chi connectivity index (χ1) is 6.75. The van der Waals surface area contributed by atoms with Gasteiger partial charge in [-0.2, -0.15) is 0 Å². The fraction of sp³-hybridized carbons (Fsp3) is 0. The minimum absolute atomic E-state index is 0.629. The standard InChI is InChI=1S/C9H5Br2NOS/c10-7-2-1-6(3-8(7)11)13-9-4-14-5-12-9/h1-5H. The number of ether oxygens (including phenoxy) is 1. The number of hydrogen-bond donors (Lipinski definition) is 0. The van der Waals surface area contributed by atoms with E-state index < -0.39 is 0 Å². The molecule has 1 heterocycles. The smallest absolute Gasteiger partial charge is 0.230 e. The first-order valence-corrected chi connectivity index (χ1v) is 6.29. The van der Waals surface area contributed by atoms with Gasteiger partial charge in [0.25, 0.3) is 0 Å². The maximum atomic E-state index is 5.50. The van der Waals surface area contributed by atoms with Gasteiger partial charge in [0, 0.05) is 8.95 Å². The lowest BCUT2D eigenvalue weighted by atomic mass is 10.3. The number of nitrogens with zero attached hydrogens (tertiary/aromatic N) is 1. The van der Waals surface area contributed by atoms with Crippen molar-refractivity contribution < 1.29 is 4.74 Å². The maximum absolute atomic E-state index is 5.50. The topological polar surface area (TPSA) is 22.1 Å². The molecular weight excluding hydrogens is 330 g/mol. The van der Waals surface area contributed by atoms with E-state index in [1.54, 1.807) is 5.51 Å². The van der Waals surface area contributed by atoms with Crippen LogP contribution in [0.1, 0.15) is 0 Å². The highest BCUT2D eigenvalue weighted by molar-refractivity contribution is 9.13. The number of aromatic nitrogens is 1. The van der Waals surface area contributed by atoms with Crippen LogP contribution in [0.3, 0.4) is 0 Å². The summed E-state index contributed by atoms with van der Waals surface area (Å²) in [5.74, 6) is 1.40. The second-order valence-corrected chi connectivity index (χ2v) is 4.93. The number of benzene rings is 1. The van der Waals surface area contributed by atoms with Gasteiger partial charge in [-0.3, -0.25) is 0 Å². The molecule has 2 aromatic rings. The van der Waals surface area contributed by atoms with Gasteiger partial charge >= 0.3 is 0 Å². The van der Waals surface area contributed by atoms with Crippen molar-refractivity contribution in [3.05, 3.63) is 38.0 Å². The van der Waals surface area contributed by atoms with E-state index in [-0.39, 0.29) is 0 Å². The highest BCUT2D eigenvalue weighted by atomic mass is 79.9. The van der Waals surface area contributed by atoms with Gasteiger partial charge in [-0.05, 0) is 50.1 Å². The van der Waals surface area contributed by atoms with Crippen molar-refractivity contribution in [2.45, 2.75) is 0 Å². The average Bonchev–Trinajstić information content (AvgIpc) is 2.64. The van der Waals surface area contributed by atoms with E-state index in [4.69, 9.17) is 4.74 Å². The van der Waals surface area contributed by atoms with Crippen LogP contribution in [-0.4, -0.2) is 4.98 Å². The Kier molecular flexibility index (Phi) is 3.20. The zero-order valence-corrected chi connectivity index (χ0v) is 10.9. The van der Waals surface area contributed by atoms with Crippen LogP contribution in [-0.2, 0) is 0 Å². The van der Waals surface area contributed by atoms with E-state index in [0.29, 0.717) is 5.88 Å². The molecule has 0 atom stereocenters. The summed E-state index contributed by atoms with van der Waals surface area (Å²) in [6.45, 7) is 0. The molecule has 2 rings (SSSR count). The van der Waals surface area contributed by atoms with Crippen LogP contribution in [0.5, 0.6) is 11.6 Å². The first-order valence-electron chi connectivity index (χ1n) is 3.77. The molecule has 0 spiro atoms. The molecule has 0 saturated heterocycles. The Hall–Kier alpha value is -0.390. The molecule has 0 unspecified atom stereocenters. The highest BCUT2D eigenvalue weighted by Crippen LogP contribution is 2.29. The molecule has 1 aromatic carbocycles. The summed E-state index contributed by atoms with van der Waals surface area (Å²) in [5.41, 5.74) is 1.74. The normalized spacial score (nSPS) is 10.1. The molecule has 0 aliphatic heterocycles. The fourth-order valence-corrected chi connectivity index (χ4v) is 1.97. The summed E-state index contributed by atoms with van der Waals surface area (Å²) in [5, 5.41) is 1.86. The zero-order valence-electron chi connectivity index (χ0n) is 6.91. The predicted octanol–water partition coefficient (Wildman–Crippen LogP) is 4.46. The number of hydrogen-bond acceptors (Lipinski definition) is 3. The van der Waals surface area contributed by atoms with Gasteiger partial charge < -0.3 is 4.74 Å². The average molecular weight is 335 g/mol. The van der Waals surface area contributed by atoms with E-state index in [9.17, 15) is 0 Å². The lowest BCUT2D eigenvalue weighted by Crippen LogP contribution is -1.83. The SMILES string of the molecule is Brc1ccc(Oc2cscn2)cc1Br. The summed E-state index contributed by atoms with van der Waals surface area (Å²) in [6, 6.07) is 5.70. The van der Waals surface area contributed by atoms with Crippen LogP contribution in [0.25, 0.3) is 0 Å². The van der Waals surface area contributed by atoms with Crippen LogP contribution in [0.2, 0.25) is 0 Å². The van der Waals surface area contributed by atoms with Crippen molar-refractivity contribution >= 4 is 43.2 Å². The van der Waals surface area contributed by atoms with Gasteiger partial charge in [0.1, 0.15) is 5.75 Å². The second kappa shape index (κ2) is 4.42. The van der Waals surface area contributed by atoms with E-state index in [0.717, 1.165) is 14.7 Å². The van der Waals surface area contributed by atoms with Gasteiger partial charge in [0.05, 0.1) is 10.9 Å². The molecule has 0 aliphatic rings. The largest absolute Gasteiger partial charge is 0.438 e. The first kappa shape index (κ1) is 10.1. The van der Waals surface area contributed by atoms with Crippen LogP contribution >= 0.6 is 43.2 Å². The molecule has 1 aromatic heterocycles. The monoisotopic (exact) mass is 333 g/mol. The van der Waals surface area contributed by atoms with E-state index in [2.05, 4.69) is 36.8 Å². The number of thiazole rings is 1. The van der Waals surface area contributed by atoms with Crippen molar-refractivity contribution in [2.24, 2.45) is 0 Å². The molecule has 5 heteroatoms. The Labute approximate surface area is 102 Å². The van der Waals surface area contributed by atoms with Gasteiger partial charge in [-0.15, -0.1) is 11.3 Å². The molecule has 0 aliphatic carbocycles. The summed E-state index contributed by atoms with van der Waals surface area (Å²) in [4.78, 5) is 4.03. The van der Waals surface area contributed by atoms with E-state index in [1.165, 1.54) is 11.3 Å². The summed E-state index contributed by atoms with van der Waals surface area (Å²) < 4.78 is 7.47. The van der Waals surface area contributed by atoms with Crippen molar-refractivity contribution in [1.29, 1.82) is 0 Å². The van der Waals surface area contributed by atoms with Gasteiger partial charge in [-0.25, -0.2) is 4.98 Å². The Morgan fingerprint density at radius 2 is 2.07 bits per heavy atom. The Morgan fingerprint density at radius 1 is 1.21 bits per heavy atom. The van der Waals surface area contributed by atoms with Crippen molar-refractivity contribution in [3.8, 4) is 11.6 Å². The van der Waals surface area contributed by atoms with E-state index in [1.807, 2.05) is 23.6 Å². The lowest BCUT2D eigenvalue weighted by molar-refractivity contribution is 0.466. The summed E-state index contributed by atoms with van der Waals surface area (Å²) in [6.07, 6.45) is 0. The summed E-state index contributed by atoms with van der Waals surface area (Å²) in [7, 11) is 0. The van der Waals surface area contributed by atoms with E-state index >= 15 is 0 Å². The van der Waals surface area contributed by atoms with Crippen molar-refractivity contribution in [2.75, 3.05) is 0 Å². The van der Waals surface area contributed by atoms with Crippen molar-refractivity contribution in [3.63, 3.8) is 0 Å². The Bertz CT molecular complexity index is 430. The second-order valence-electron chi connectivity index (χ2n) is 2.50. The van der Waals surface area contributed by atoms with Crippen LogP contribution < -0.4 is 4.74 Å². The third-order valence-corrected chi connectivity index (χ3v) is 3.97. The highest BCUT2D eigenvalue weighted by Gasteiger charge is 2.01. The number of halogens is 2. The Morgan fingerprint density at radius 3 is 2.71 bits per heavy atom. The minimum atomic E-state index is 0.629. The molecule has 0 radical (unpaired) electrons. The fourth-order valence-electron chi connectivity index (χ4n) is 0.913. The minimum Gasteiger partial charge on any atom is -0.438 e. The van der Waals surface area contributed by atoms with Gasteiger partial charge in [0.15, 0.2) is 0 Å². The molecule has 0 saturated carbocycles. The molecule has 0 N–H and O–H groups in total. The third kappa shape index (κ3) is 2.34. The molecule has 14 heavy (non-hydrogen) atoms. The zero-order chi connectivity index (χ0) is 9.97. The quantitative estimate of drug-likeness (QED) is 0.808. The predicted molar refractivity (Wildman–Crippen MR) is 64.0 cm³/mol. The molecule has 0 bridgehead atoms. The molecule has 0 fully saturated rings. The number of rotatable bonds is 2.